The predicted molar refractivity (Wildman–Crippen MR) is 218 cm³/mol. The summed E-state index contributed by atoms with van der Waals surface area (Å²) in [5.74, 6) is 0. The molecule has 3 heteroatoms. The SMILES string of the molecule is CCCCCC=CCC=CCCCCCCCCC(CCCCCCCCC=CCC=CCCCCC)ON=C(C)CCC[N+](C)(C)C. The van der Waals surface area contributed by atoms with Crippen LogP contribution in [0.2, 0.25) is 0 Å². The molecular weight excluding hydrogens is 585 g/mol. The van der Waals surface area contributed by atoms with Crippen molar-refractivity contribution in [3.8, 4) is 0 Å². The average molecular weight is 670 g/mol. The Labute approximate surface area is 302 Å². The van der Waals surface area contributed by atoms with E-state index in [4.69, 9.17) is 4.84 Å². The molecule has 0 saturated carbocycles. The van der Waals surface area contributed by atoms with Gasteiger partial charge in [-0.3, -0.25) is 0 Å². The minimum atomic E-state index is 0.287. The summed E-state index contributed by atoms with van der Waals surface area (Å²) in [5.41, 5.74) is 1.16. The van der Waals surface area contributed by atoms with E-state index in [-0.39, 0.29) is 6.10 Å². The molecule has 0 aromatic rings. The number of rotatable bonds is 36. The third-order valence-corrected chi connectivity index (χ3v) is 9.18. The summed E-state index contributed by atoms with van der Waals surface area (Å²) in [5, 5.41) is 4.62. The molecule has 0 fully saturated rings. The van der Waals surface area contributed by atoms with Gasteiger partial charge >= 0.3 is 0 Å². The number of hydrogen-bond acceptors (Lipinski definition) is 2. The molecule has 0 radical (unpaired) electrons. The smallest absolute Gasteiger partial charge is 0.127 e. The second kappa shape index (κ2) is 36.7. The van der Waals surface area contributed by atoms with E-state index in [1.165, 1.54) is 154 Å². The van der Waals surface area contributed by atoms with Gasteiger partial charge in [0.1, 0.15) is 6.10 Å². The molecule has 0 aliphatic heterocycles. The van der Waals surface area contributed by atoms with Crippen molar-refractivity contribution in [2.24, 2.45) is 5.16 Å². The Kier molecular flexibility index (Phi) is 35.4. The maximum Gasteiger partial charge on any atom is 0.127 e. The fourth-order valence-electron chi connectivity index (χ4n) is 5.99. The molecule has 0 atom stereocenters. The van der Waals surface area contributed by atoms with Crippen molar-refractivity contribution in [3.63, 3.8) is 0 Å². The van der Waals surface area contributed by atoms with Gasteiger partial charge in [0.15, 0.2) is 0 Å². The molecule has 3 nitrogen and oxygen atoms in total. The van der Waals surface area contributed by atoms with Crippen LogP contribution in [0.5, 0.6) is 0 Å². The first kappa shape index (κ1) is 46.4. The molecule has 0 rings (SSSR count). The van der Waals surface area contributed by atoms with Crippen molar-refractivity contribution in [2.45, 2.75) is 207 Å². The Morgan fingerprint density at radius 1 is 0.500 bits per heavy atom. The van der Waals surface area contributed by atoms with E-state index in [2.05, 4.69) is 95.7 Å². The van der Waals surface area contributed by atoms with Gasteiger partial charge in [-0.2, -0.15) is 0 Å². The monoisotopic (exact) mass is 670 g/mol. The summed E-state index contributed by atoms with van der Waals surface area (Å²) in [4.78, 5) is 6.19. The summed E-state index contributed by atoms with van der Waals surface area (Å²) >= 11 is 0. The van der Waals surface area contributed by atoms with Gasteiger partial charge in [0.25, 0.3) is 0 Å². The Balaban J connectivity index is 4.16. The molecule has 0 aliphatic carbocycles. The molecule has 0 aromatic heterocycles. The fraction of sp³-hybridized carbons (Fsp3) is 0.800. The third kappa shape index (κ3) is 38.8. The summed E-state index contributed by atoms with van der Waals surface area (Å²) in [6, 6.07) is 0. The van der Waals surface area contributed by atoms with Gasteiger partial charge in [0.2, 0.25) is 0 Å². The average Bonchev–Trinajstić information content (AvgIpc) is 3.05. The lowest BCUT2D eigenvalue weighted by molar-refractivity contribution is -0.870. The number of quaternary nitrogens is 1. The maximum atomic E-state index is 6.19. The highest BCUT2D eigenvalue weighted by atomic mass is 16.6. The van der Waals surface area contributed by atoms with Crippen molar-refractivity contribution in [2.75, 3.05) is 27.7 Å². The van der Waals surface area contributed by atoms with E-state index >= 15 is 0 Å². The first-order valence-corrected chi connectivity index (χ1v) is 21.0. The normalized spacial score (nSPS) is 13.7. The van der Waals surface area contributed by atoms with E-state index in [1.807, 2.05) is 0 Å². The summed E-state index contributed by atoms with van der Waals surface area (Å²) in [6.45, 7) is 7.86. The number of hydrogen-bond donors (Lipinski definition) is 0. The van der Waals surface area contributed by atoms with Crippen LogP contribution in [0.25, 0.3) is 0 Å². The zero-order chi connectivity index (χ0) is 35.2. The molecule has 280 valence electrons. The minimum absolute atomic E-state index is 0.287. The topological polar surface area (TPSA) is 21.6 Å². The molecule has 0 heterocycles. The number of unbranched alkanes of at least 4 members (excludes halogenated alkanes) is 18. The zero-order valence-electron chi connectivity index (χ0n) is 33.5. The maximum absolute atomic E-state index is 6.19. The Morgan fingerprint density at radius 3 is 1.27 bits per heavy atom. The van der Waals surface area contributed by atoms with Crippen molar-refractivity contribution in [1.82, 2.24) is 0 Å². The highest BCUT2D eigenvalue weighted by Gasteiger charge is 2.11. The highest BCUT2D eigenvalue weighted by Crippen LogP contribution is 2.18. The minimum Gasteiger partial charge on any atom is -0.393 e. The van der Waals surface area contributed by atoms with Gasteiger partial charge in [0.05, 0.1) is 33.4 Å². The fourth-order valence-corrected chi connectivity index (χ4v) is 5.99. The lowest BCUT2D eigenvalue weighted by Gasteiger charge is -2.23. The van der Waals surface area contributed by atoms with Crippen molar-refractivity contribution in [3.05, 3.63) is 48.6 Å². The lowest BCUT2D eigenvalue weighted by Crippen LogP contribution is -2.35. The predicted octanol–water partition coefficient (Wildman–Crippen LogP) is 14.6. The Bertz CT molecular complexity index is 752. The van der Waals surface area contributed by atoms with Crippen LogP contribution < -0.4 is 0 Å². The molecular formula is C45H85N2O+. The second-order valence-corrected chi connectivity index (χ2v) is 15.4. The quantitative estimate of drug-likeness (QED) is 0.0214. The summed E-state index contributed by atoms with van der Waals surface area (Å²) in [6.07, 6.45) is 54.9. The standard InChI is InChI=1S/C45H85N2O/c1-7-9-11-13-15-17-19-21-23-25-27-29-31-33-35-37-41-45(48-46-44(3)40-39-43-47(4,5)6)42-38-36-34-32-30-28-26-24-22-20-18-16-14-12-10-8-2/h15-18,21-24,45H,7-14,19-20,25-43H2,1-6H3/q+1. The van der Waals surface area contributed by atoms with Crippen LogP contribution in [0.3, 0.4) is 0 Å². The molecule has 0 N–H and O–H groups in total. The van der Waals surface area contributed by atoms with Crippen LogP contribution in [0.15, 0.2) is 53.8 Å². The highest BCUT2D eigenvalue weighted by molar-refractivity contribution is 5.81. The number of nitrogens with zero attached hydrogens (tertiary/aromatic N) is 2. The van der Waals surface area contributed by atoms with Gasteiger partial charge in [0, 0.05) is 6.42 Å². The van der Waals surface area contributed by atoms with Crippen LogP contribution in [0.1, 0.15) is 201 Å². The molecule has 0 unspecified atom stereocenters. The van der Waals surface area contributed by atoms with E-state index in [1.54, 1.807) is 0 Å². The Morgan fingerprint density at radius 2 is 0.875 bits per heavy atom. The van der Waals surface area contributed by atoms with Crippen molar-refractivity contribution in [1.29, 1.82) is 0 Å². The molecule has 0 aromatic carbocycles. The van der Waals surface area contributed by atoms with Crippen LogP contribution in [-0.2, 0) is 4.84 Å². The zero-order valence-corrected chi connectivity index (χ0v) is 33.5. The number of allylic oxidation sites excluding steroid dienone is 8. The molecule has 0 aliphatic rings. The van der Waals surface area contributed by atoms with Crippen molar-refractivity contribution >= 4 is 5.71 Å². The summed E-state index contributed by atoms with van der Waals surface area (Å²) in [7, 11) is 6.79. The van der Waals surface area contributed by atoms with Crippen LogP contribution >= 0.6 is 0 Å². The second-order valence-electron chi connectivity index (χ2n) is 15.4. The largest absolute Gasteiger partial charge is 0.393 e. The molecule has 0 bridgehead atoms. The van der Waals surface area contributed by atoms with Gasteiger partial charge in [-0.05, 0) is 103 Å². The van der Waals surface area contributed by atoms with Crippen LogP contribution in [0.4, 0.5) is 0 Å². The van der Waals surface area contributed by atoms with E-state index in [0.29, 0.717) is 0 Å². The van der Waals surface area contributed by atoms with Crippen molar-refractivity contribution < 1.29 is 9.32 Å². The van der Waals surface area contributed by atoms with Gasteiger partial charge in [-0.15, -0.1) is 0 Å². The molecule has 0 amide bonds. The third-order valence-electron chi connectivity index (χ3n) is 9.18. The van der Waals surface area contributed by atoms with Crippen LogP contribution in [0, 0.1) is 0 Å². The molecule has 0 saturated heterocycles. The lowest BCUT2D eigenvalue weighted by atomic mass is 10.0. The summed E-state index contributed by atoms with van der Waals surface area (Å²) < 4.78 is 1.01. The van der Waals surface area contributed by atoms with E-state index in [9.17, 15) is 0 Å². The molecule has 0 spiro atoms. The van der Waals surface area contributed by atoms with Crippen LogP contribution in [-0.4, -0.2) is 44.0 Å². The Hall–Kier alpha value is -1.61. The van der Waals surface area contributed by atoms with Gasteiger partial charge in [-0.25, -0.2) is 0 Å². The van der Waals surface area contributed by atoms with E-state index in [0.717, 1.165) is 42.3 Å². The number of oxime groups is 1. The first-order chi connectivity index (χ1) is 23.4. The van der Waals surface area contributed by atoms with Gasteiger partial charge < -0.3 is 9.32 Å². The molecule has 48 heavy (non-hydrogen) atoms. The first-order valence-electron chi connectivity index (χ1n) is 21.0. The van der Waals surface area contributed by atoms with E-state index < -0.39 is 0 Å². The van der Waals surface area contributed by atoms with Gasteiger partial charge in [-0.1, -0.05) is 145 Å².